The van der Waals surface area contributed by atoms with Gasteiger partial charge in [0.25, 0.3) is 0 Å². The van der Waals surface area contributed by atoms with Crippen LogP contribution in [0, 0.1) is 0 Å². The van der Waals surface area contributed by atoms with Gasteiger partial charge in [-0.15, -0.1) is 0 Å². The van der Waals surface area contributed by atoms with Crippen molar-refractivity contribution in [1.29, 1.82) is 0 Å². The molecule has 0 spiro atoms. The van der Waals surface area contributed by atoms with Crippen molar-refractivity contribution in [2.75, 3.05) is 7.11 Å². The lowest BCUT2D eigenvalue weighted by atomic mass is 9.70. The third-order valence-corrected chi connectivity index (χ3v) is 4.40. The fourth-order valence-electron chi connectivity index (χ4n) is 3.15. The van der Waals surface area contributed by atoms with Gasteiger partial charge in [-0.05, 0) is 36.0 Å². The third-order valence-electron chi connectivity index (χ3n) is 4.40. The highest BCUT2D eigenvalue weighted by molar-refractivity contribution is 5.69. The number of rotatable bonds is 4. The molecule has 0 atom stereocenters. The smallest absolute Gasteiger partial charge is 0.130 e. The third kappa shape index (κ3) is 2.68. The monoisotopic (exact) mass is 260 g/mol. The fraction of sp³-hybridized carbons (Fsp3) is 0.588. The maximum Gasteiger partial charge on any atom is 0.130 e. The molecular formula is C17H24O2. The molecular weight excluding hydrogens is 236 g/mol. The Morgan fingerprint density at radius 1 is 1.21 bits per heavy atom. The lowest BCUT2D eigenvalue weighted by molar-refractivity contribution is -0.113. The average Bonchev–Trinajstić information content (AvgIpc) is 2.47. The summed E-state index contributed by atoms with van der Waals surface area (Å²) in [4.78, 5) is 11.7. The highest BCUT2D eigenvalue weighted by Crippen LogP contribution is 2.40. The van der Waals surface area contributed by atoms with Crippen molar-refractivity contribution in [2.24, 2.45) is 0 Å². The van der Waals surface area contributed by atoms with Crippen LogP contribution in [-0.4, -0.2) is 13.4 Å². The Hall–Kier alpha value is -1.31. The minimum absolute atomic E-state index is 0.256. The van der Waals surface area contributed by atoms with Crippen molar-refractivity contribution in [2.45, 2.75) is 57.3 Å². The van der Waals surface area contributed by atoms with Crippen LogP contribution in [-0.2, 0) is 10.2 Å². The van der Waals surface area contributed by atoms with Crippen LogP contribution in [0.25, 0.3) is 0 Å². The zero-order valence-electron chi connectivity index (χ0n) is 12.2. The lowest BCUT2D eigenvalue weighted by Crippen LogP contribution is -2.30. The van der Waals surface area contributed by atoms with E-state index in [2.05, 4.69) is 26.0 Å². The standard InChI is InChI=1S/C17H24O2/c1-13(2)15-11-14(7-8-16(15)19-3)17(12-18)9-5-4-6-10-17/h7-8,11-13H,4-6,9-10H2,1-3H3. The normalized spacial score (nSPS) is 18.3. The van der Waals surface area contributed by atoms with Crippen molar-refractivity contribution < 1.29 is 9.53 Å². The summed E-state index contributed by atoms with van der Waals surface area (Å²) in [6, 6.07) is 6.28. The van der Waals surface area contributed by atoms with Gasteiger partial charge in [-0.3, -0.25) is 0 Å². The summed E-state index contributed by atoms with van der Waals surface area (Å²) in [6.07, 6.45) is 6.71. The molecule has 1 aromatic carbocycles. The molecule has 0 aliphatic heterocycles. The molecule has 1 saturated carbocycles. The first-order valence-corrected chi connectivity index (χ1v) is 7.28. The number of carbonyl (C=O) groups excluding carboxylic acids is 1. The van der Waals surface area contributed by atoms with E-state index in [0.29, 0.717) is 5.92 Å². The number of benzene rings is 1. The molecule has 0 bridgehead atoms. The maximum atomic E-state index is 11.7. The van der Waals surface area contributed by atoms with E-state index in [1.165, 1.54) is 23.8 Å². The molecule has 19 heavy (non-hydrogen) atoms. The van der Waals surface area contributed by atoms with E-state index in [9.17, 15) is 4.79 Å². The Balaban J connectivity index is 2.43. The Labute approximate surface area is 116 Å². The molecule has 0 N–H and O–H groups in total. The quantitative estimate of drug-likeness (QED) is 0.758. The highest BCUT2D eigenvalue weighted by atomic mass is 16.5. The fourth-order valence-corrected chi connectivity index (χ4v) is 3.15. The van der Waals surface area contributed by atoms with E-state index >= 15 is 0 Å². The van der Waals surface area contributed by atoms with E-state index in [-0.39, 0.29) is 5.41 Å². The first-order valence-electron chi connectivity index (χ1n) is 7.28. The Kier molecular flexibility index (Phi) is 4.28. The number of hydrogen-bond acceptors (Lipinski definition) is 2. The van der Waals surface area contributed by atoms with Crippen LogP contribution in [0.15, 0.2) is 18.2 Å². The van der Waals surface area contributed by atoms with E-state index < -0.39 is 0 Å². The average molecular weight is 260 g/mol. The first-order chi connectivity index (χ1) is 9.13. The van der Waals surface area contributed by atoms with Crippen LogP contribution in [0.5, 0.6) is 5.75 Å². The summed E-state index contributed by atoms with van der Waals surface area (Å²) in [5.41, 5.74) is 2.12. The molecule has 1 fully saturated rings. The van der Waals surface area contributed by atoms with Crippen molar-refractivity contribution in [3.05, 3.63) is 29.3 Å². The molecule has 1 aromatic rings. The molecule has 1 aliphatic carbocycles. The van der Waals surface area contributed by atoms with Crippen LogP contribution in [0.2, 0.25) is 0 Å². The summed E-state index contributed by atoms with van der Waals surface area (Å²) in [7, 11) is 1.71. The van der Waals surface area contributed by atoms with Gasteiger partial charge in [-0.2, -0.15) is 0 Å². The predicted octanol–water partition coefficient (Wildman–Crippen LogP) is 4.22. The topological polar surface area (TPSA) is 26.3 Å². The molecule has 2 heteroatoms. The molecule has 0 heterocycles. The predicted molar refractivity (Wildman–Crippen MR) is 77.9 cm³/mol. The minimum atomic E-state index is -0.256. The SMILES string of the molecule is COc1ccc(C2(C=O)CCCCC2)cc1C(C)C. The van der Waals surface area contributed by atoms with Gasteiger partial charge in [0.05, 0.1) is 12.5 Å². The largest absolute Gasteiger partial charge is 0.496 e. The first kappa shape index (κ1) is 14.1. The lowest BCUT2D eigenvalue weighted by Gasteiger charge is -2.33. The zero-order chi connectivity index (χ0) is 13.9. The van der Waals surface area contributed by atoms with Gasteiger partial charge in [-0.25, -0.2) is 0 Å². The Morgan fingerprint density at radius 2 is 1.89 bits per heavy atom. The zero-order valence-corrected chi connectivity index (χ0v) is 12.2. The van der Waals surface area contributed by atoms with Crippen molar-refractivity contribution in [1.82, 2.24) is 0 Å². The molecule has 0 aromatic heterocycles. The van der Waals surface area contributed by atoms with Gasteiger partial charge >= 0.3 is 0 Å². The van der Waals surface area contributed by atoms with Gasteiger partial charge in [-0.1, -0.05) is 45.2 Å². The van der Waals surface area contributed by atoms with Gasteiger partial charge < -0.3 is 9.53 Å². The second-order valence-electron chi connectivity index (χ2n) is 5.95. The van der Waals surface area contributed by atoms with Crippen molar-refractivity contribution in [3.63, 3.8) is 0 Å². The van der Waals surface area contributed by atoms with E-state index in [0.717, 1.165) is 31.4 Å². The van der Waals surface area contributed by atoms with Crippen LogP contribution >= 0.6 is 0 Å². The number of ether oxygens (including phenoxy) is 1. The minimum Gasteiger partial charge on any atom is -0.496 e. The van der Waals surface area contributed by atoms with Crippen LogP contribution in [0.3, 0.4) is 0 Å². The summed E-state index contributed by atoms with van der Waals surface area (Å²) in [5, 5.41) is 0. The Bertz CT molecular complexity index is 443. The second kappa shape index (κ2) is 5.77. The molecule has 2 nitrogen and oxygen atoms in total. The highest BCUT2D eigenvalue weighted by Gasteiger charge is 2.34. The number of hydrogen-bond donors (Lipinski definition) is 0. The summed E-state index contributed by atoms with van der Waals surface area (Å²) < 4.78 is 5.43. The molecule has 104 valence electrons. The van der Waals surface area contributed by atoms with Crippen molar-refractivity contribution in [3.8, 4) is 5.75 Å². The van der Waals surface area contributed by atoms with E-state index in [4.69, 9.17) is 4.74 Å². The Morgan fingerprint density at radius 3 is 2.42 bits per heavy atom. The molecule has 2 rings (SSSR count). The molecule has 0 saturated heterocycles. The van der Waals surface area contributed by atoms with Crippen LogP contribution < -0.4 is 4.74 Å². The van der Waals surface area contributed by atoms with Gasteiger partial charge in [0.15, 0.2) is 0 Å². The van der Waals surface area contributed by atoms with Gasteiger partial charge in [0.1, 0.15) is 12.0 Å². The summed E-state index contributed by atoms with van der Waals surface area (Å²) in [6.45, 7) is 4.33. The van der Waals surface area contributed by atoms with Crippen molar-refractivity contribution >= 4 is 6.29 Å². The summed E-state index contributed by atoms with van der Waals surface area (Å²) >= 11 is 0. The van der Waals surface area contributed by atoms with Gasteiger partial charge in [0.2, 0.25) is 0 Å². The maximum absolute atomic E-state index is 11.7. The van der Waals surface area contributed by atoms with E-state index in [1.807, 2.05) is 6.07 Å². The number of methoxy groups -OCH3 is 1. The number of carbonyl (C=O) groups is 1. The van der Waals surface area contributed by atoms with E-state index in [1.54, 1.807) is 7.11 Å². The summed E-state index contributed by atoms with van der Waals surface area (Å²) in [5.74, 6) is 1.33. The second-order valence-corrected chi connectivity index (χ2v) is 5.95. The molecule has 0 amide bonds. The molecule has 0 unspecified atom stereocenters. The molecule has 1 aliphatic rings. The van der Waals surface area contributed by atoms with Crippen LogP contribution in [0.1, 0.15) is 63.0 Å². The van der Waals surface area contributed by atoms with Crippen LogP contribution in [0.4, 0.5) is 0 Å². The number of aldehydes is 1. The van der Waals surface area contributed by atoms with Gasteiger partial charge in [0, 0.05) is 0 Å². The molecule has 0 radical (unpaired) electrons.